The molecular weight excluding hydrogens is 270 g/mol. The molecule has 0 unspecified atom stereocenters. The van der Waals surface area contributed by atoms with Gasteiger partial charge < -0.3 is 10.5 Å². The summed E-state index contributed by atoms with van der Waals surface area (Å²) < 4.78 is 39.0. The Hall–Kier alpha value is -1.14. The van der Waals surface area contributed by atoms with Gasteiger partial charge >= 0.3 is 6.36 Å². The summed E-state index contributed by atoms with van der Waals surface area (Å²) >= 11 is 0. The van der Waals surface area contributed by atoms with Crippen LogP contribution in [0, 0.1) is 0 Å². The van der Waals surface area contributed by atoms with E-state index in [0.717, 1.165) is 12.1 Å². The molecule has 0 saturated carbocycles. The lowest BCUT2D eigenvalue weighted by Crippen LogP contribution is -2.20. The van der Waals surface area contributed by atoms with Crippen LogP contribution in [0.3, 0.4) is 0 Å². The molecule has 0 aliphatic heterocycles. The van der Waals surface area contributed by atoms with Gasteiger partial charge in [0.2, 0.25) is 0 Å². The van der Waals surface area contributed by atoms with Crippen molar-refractivity contribution in [1.82, 2.24) is 0 Å². The number of halogens is 5. The van der Waals surface area contributed by atoms with E-state index in [-0.39, 0.29) is 30.4 Å². The minimum atomic E-state index is -4.83. The molecule has 0 aromatic heterocycles. The molecule has 2 N–H and O–H groups in total. The summed E-state index contributed by atoms with van der Waals surface area (Å²) in [6.07, 6.45) is -4.83. The summed E-state index contributed by atoms with van der Waals surface area (Å²) in [5.41, 5.74) is 4.55. The predicted octanol–water partition coefficient (Wildman–Crippen LogP) is 2.53. The highest BCUT2D eigenvalue weighted by molar-refractivity contribution is 5.95. The predicted molar refractivity (Wildman–Crippen MR) is 56.1 cm³/mol. The van der Waals surface area contributed by atoms with Crippen LogP contribution in [0.15, 0.2) is 24.3 Å². The van der Waals surface area contributed by atoms with Crippen molar-refractivity contribution >= 4 is 30.7 Å². The molecule has 1 aromatic carbocycles. The van der Waals surface area contributed by atoms with Gasteiger partial charge in [-0.15, -0.1) is 38.0 Å². The maximum atomic E-state index is 11.8. The van der Waals surface area contributed by atoms with Crippen LogP contribution in [0.1, 0.15) is 10.4 Å². The van der Waals surface area contributed by atoms with Gasteiger partial charge in [0.1, 0.15) is 5.75 Å². The van der Waals surface area contributed by atoms with E-state index >= 15 is 0 Å². The Bertz CT molecular complexity index is 357. The first-order valence-electron chi connectivity index (χ1n) is 3.55. The van der Waals surface area contributed by atoms with Gasteiger partial charge in [0.15, 0.2) is 0 Å². The average molecular weight is 278 g/mol. The van der Waals surface area contributed by atoms with Crippen LogP contribution in [0.5, 0.6) is 5.75 Å². The number of rotatable bonds is 2. The zero-order valence-corrected chi connectivity index (χ0v) is 9.29. The Balaban J connectivity index is 0. The summed E-state index contributed by atoms with van der Waals surface area (Å²) in [5.74, 6) is -1.56. The second-order valence-corrected chi connectivity index (χ2v) is 2.41. The molecule has 3 nitrogen and oxygen atoms in total. The van der Waals surface area contributed by atoms with E-state index in [9.17, 15) is 18.0 Å². The average Bonchev–Trinajstić information content (AvgIpc) is 2.01. The number of benzene rings is 1. The van der Waals surface area contributed by atoms with Gasteiger partial charge in [-0.25, -0.2) is 0 Å². The molecule has 0 fully saturated rings. The van der Waals surface area contributed by atoms with Gasteiger partial charge in [-0.05, 0) is 12.1 Å². The number of alkyl halides is 3. The standard InChI is InChI=1S/C8H6F3NO2.2ClH/c9-8(10,11)14-6-4-2-1-3-5(6)7(12)13;;/h1-4H,(H2,12,13);2*1H. The number of amides is 1. The number of hydrogen-bond donors (Lipinski definition) is 1. The Morgan fingerprint density at radius 2 is 1.69 bits per heavy atom. The first-order valence-corrected chi connectivity index (χ1v) is 3.55. The molecule has 0 atom stereocenters. The van der Waals surface area contributed by atoms with Crippen LogP contribution in [0.25, 0.3) is 0 Å². The van der Waals surface area contributed by atoms with Crippen molar-refractivity contribution in [2.45, 2.75) is 6.36 Å². The van der Waals surface area contributed by atoms with E-state index in [2.05, 4.69) is 4.74 Å². The van der Waals surface area contributed by atoms with Crippen molar-refractivity contribution in [3.05, 3.63) is 29.8 Å². The van der Waals surface area contributed by atoms with Crippen molar-refractivity contribution in [2.24, 2.45) is 5.73 Å². The van der Waals surface area contributed by atoms with Crippen LogP contribution < -0.4 is 10.5 Å². The fourth-order valence-electron chi connectivity index (χ4n) is 0.884. The molecule has 0 heterocycles. The van der Waals surface area contributed by atoms with Crippen LogP contribution in [0.4, 0.5) is 13.2 Å². The molecule has 92 valence electrons. The molecule has 1 aromatic rings. The van der Waals surface area contributed by atoms with Crippen molar-refractivity contribution in [1.29, 1.82) is 0 Å². The SMILES string of the molecule is Cl.Cl.NC(=O)c1ccccc1OC(F)(F)F. The van der Waals surface area contributed by atoms with Crippen molar-refractivity contribution in [3.63, 3.8) is 0 Å². The third-order valence-electron chi connectivity index (χ3n) is 1.38. The second kappa shape index (κ2) is 6.44. The topological polar surface area (TPSA) is 52.3 Å². The molecular formula is C8H8Cl2F3NO2. The molecule has 0 spiro atoms. The van der Waals surface area contributed by atoms with Gasteiger partial charge in [-0.3, -0.25) is 4.79 Å². The van der Waals surface area contributed by atoms with Crippen LogP contribution in [-0.2, 0) is 0 Å². The summed E-state index contributed by atoms with van der Waals surface area (Å²) in [5, 5.41) is 0. The molecule has 0 aliphatic rings. The minimum Gasteiger partial charge on any atom is -0.405 e. The van der Waals surface area contributed by atoms with Crippen molar-refractivity contribution < 1.29 is 22.7 Å². The highest BCUT2D eigenvalue weighted by atomic mass is 35.5. The third-order valence-corrected chi connectivity index (χ3v) is 1.38. The molecule has 0 bridgehead atoms. The summed E-state index contributed by atoms with van der Waals surface area (Å²) in [7, 11) is 0. The van der Waals surface area contributed by atoms with Crippen LogP contribution in [0.2, 0.25) is 0 Å². The lowest BCUT2D eigenvalue weighted by Gasteiger charge is -2.10. The number of para-hydroxylation sites is 1. The molecule has 0 saturated heterocycles. The lowest BCUT2D eigenvalue weighted by atomic mass is 10.2. The van der Waals surface area contributed by atoms with E-state index in [1.165, 1.54) is 12.1 Å². The first-order chi connectivity index (χ1) is 6.40. The third kappa shape index (κ3) is 5.09. The fraction of sp³-hybridized carbons (Fsp3) is 0.125. The maximum Gasteiger partial charge on any atom is 0.573 e. The molecule has 8 heteroatoms. The Kier molecular flexibility index (Phi) is 6.95. The second-order valence-electron chi connectivity index (χ2n) is 2.41. The van der Waals surface area contributed by atoms with Gasteiger partial charge in [0, 0.05) is 0 Å². The normalized spacial score (nSPS) is 9.69. The van der Waals surface area contributed by atoms with E-state index in [1.807, 2.05) is 0 Å². The summed E-state index contributed by atoms with van der Waals surface area (Å²) in [6.45, 7) is 0. The van der Waals surface area contributed by atoms with Gasteiger partial charge in [0.25, 0.3) is 5.91 Å². The maximum absolute atomic E-state index is 11.8. The minimum absolute atomic E-state index is 0. The number of hydrogen-bond acceptors (Lipinski definition) is 2. The highest BCUT2D eigenvalue weighted by Gasteiger charge is 2.32. The number of carbonyl (C=O) groups excluding carboxylic acids is 1. The first kappa shape index (κ1) is 17.3. The highest BCUT2D eigenvalue weighted by Crippen LogP contribution is 2.25. The fourth-order valence-corrected chi connectivity index (χ4v) is 0.884. The van der Waals surface area contributed by atoms with Crippen molar-refractivity contribution in [3.8, 4) is 5.75 Å². The summed E-state index contributed by atoms with van der Waals surface area (Å²) in [6, 6.07) is 4.88. The van der Waals surface area contributed by atoms with Gasteiger partial charge in [-0.1, -0.05) is 12.1 Å². The molecule has 16 heavy (non-hydrogen) atoms. The largest absolute Gasteiger partial charge is 0.573 e. The van der Waals surface area contributed by atoms with Gasteiger partial charge in [-0.2, -0.15) is 0 Å². The van der Waals surface area contributed by atoms with E-state index in [1.54, 1.807) is 0 Å². The Labute approximate surface area is 102 Å². The van der Waals surface area contributed by atoms with Crippen LogP contribution in [-0.4, -0.2) is 12.3 Å². The molecule has 1 amide bonds. The lowest BCUT2D eigenvalue weighted by molar-refractivity contribution is -0.274. The van der Waals surface area contributed by atoms with E-state index < -0.39 is 18.0 Å². The zero-order valence-electron chi connectivity index (χ0n) is 7.65. The molecule has 0 radical (unpaired) electrons. The number of carbonyl (C=O) groups is 1. The van der Waals surface area contributed by atoms with E-state index in [0.29, 0.717) is 0 Å². The van der Waals surface area contributed by atoms with Gasteiger partial charge in [0.05, 0.1) is 5.56 Å². The number of primary amides is 1. The Morgan fingerprint density at radius 3 is 2.12 bits per heavy atom. The monoisotopic (exact) mass is 277 g/mol. The number of ether oxygens (including phenoxy) is 1. The zero-order chi connectivity index (χ0) is 10.8. The molecule has 1 rings (SSSR count). The smallest absolute Gasteiger partial charge is 0.405 e. The summed E-state index contributed by atoms with van der Waals surface area (Å²) in [4.78, 5) is 10.7. The quantitative estimate of drug-likeness (QED) is 0.903. The number of nitrogens with two attached hydrogens (primary N) is 1. The van der Waals surface area contributed by atoms with Crippen LogP contribution >= 0.6 is 24.8 Å². The van der Waals surface area contributed by atoms with Crippen molar-refractivity contribution in [2.75, 3.05) is 0 Å². The van der Waals surface area contributed by atoms with E-state index in [4.69, 9.17) is 5.73 Å². The molecule has 0 aliphatic carbocycles. The Morgan fingerprint density at radius 1 is 1.19 bits per heavy atom.